The van der Waals surface area contributed by atoms with E-state index in [1.165, 1.54) is 24.3 Å². The van der Waals surface area contributed by atoms with Gasteiger partial charge in [0.1, 0.15) is 17.9 Å². The van der Waals surface area contributed by atoms with Crippen molar-refractivity contribution >= 4 is 22.7 Å². The number of hydrogen-bond acceptors (Lipinski definition) is 4. The van der Waals surface area contributed by atoms with Crippen molar-refractivity contribution in [3.8, 4) is 5.75 Å². The van der Waals surface area contributed by atoms with Gasteiger partial charge in [-0.1, -0.05) is 18.2 Å². The summed E-state index contributed by atoms with van der Waals surface area (Å²) in [6.45, 7) is 1.59. The minimum absolute atomic E-state index is 0.656. The third kappa shape index (κ3) is 3.44. The highest BCUT2D eigenvalue weighted by atomic mass is 32.2. The number of ether oxygens (including phenoxy) is 1. The zero-order chi connectivity index (χ0) is 13.6. The lowest BCUT2D eigenvalue weighted by Gasteiger charge is -2.22. The third-order valence-corrected chi connectivity index (χ3v) is 4.76. The molecule has 106 valence electrons. The van der Waals surface area contributed by atoms with Gasteiger partial charge in [-0.15, -0.1) is 0 Å². The molecule has 2 aromatic rings. The fourth-order valence-electron chi connectivity index (χ4n) is 2.52. The van der Waals surface area contributed by atoms with Gasteiger partial charge in [0.2, 0.25) is 0 Å². The number of benzene rings is 1. The highest BCUT2D eigenvalue weighted by Gasteiger charge is 2.12. The molecule has 3 rings (SSSR count). The summed E-state index contributed by atoms with van der Waals surface area (Å²) >= 11 is 2.05. The first kappa shape index (κ1) is 13.7. The van der Waals surface area contributed by atoms with Crippen LogP contribution in [0.5, 0.6) is 5.75 Å². The molecule has 1 aromatic heterocycles. The summed E-state index contributed by atoms with van der Waals surface area (Å²) in [4.78, 5) is 4.40. The first-order chi connectivity index (χ1) is 9.93. The van der Waals surface area contributed by atoms with Gasteiger partial charge in [-0.05, 0) is 30.7 Å². The lowest BCUT2D eigenvalue weighted by atomic mass is 10.2. The zero-order valence-corrected chi connectivity index (χ0v) is 12.4. The largest absolute Gasteiger partial charge is 0.490 e. The molecule has 1 saturated heterocycles. The minimum Gasteiger partial charge on any atom is -0.490 e. The Morgan fingerprint density at radius 3 is 3.15 bits per heavy atom. The van der Waals surface area contributed by atoms with E-state index in [1.54, 1.807) is 0 Å². The van der Waals surface area contributed by atoms with E-state index in [0.29, 0.717) is 12.6 Å². The first-order valence-electron chi connectivity index (χ1n) is 7.21. The summed E-state index contributed by atoms with van der Waals surface area (Å²) in [5.41, 5.74) is 0.947. The fraction of sp³-hybridized carbons (Fsp3) is 0.438. The maximum Gasteiger partial charge on any atom is 0.145 e. The molecule has 1 unspecified atom stereocenters. The van der Waals surface area contributed by atoms with Crippen LogP contribution in [0.25, 0.3) is 10.9 Å². The van der Waals surface area contributed by atoms with E-state index in [1.807, 2.05) is 36.2 Å². The van der Waals surface area contributed by atoms with E-state index in [0.717, 1.165) is 23.2 Å². The maximum absolute atomic E-state index is 5.88. The second-order valence-corrected chi connectivity index (χ2v) is 6.20. The Morgan fingerprint density at radius 2 is 2.25 bits per heavy atom. The van der Waals surface area contributed by atoms with Crippen LogP contribution in [-0.4, -0.2) is 35.7 Å². The first-order valence-corrected chi connectivity index (χ1v) is 8.36. The van der Waals surface area contributed by atoms with Crippen molar-refractivity contribution in [3.05, 3.63) is 36.5 Å². The van der Waals surface area contributed by atoms with Crippen molar-refractivity contribution in [1.82, 2.24) is 10.3 Å². The molecule has 0 radical (unpaired) electrons. The van der Waals surface area contributed by atoms with Gasteiger partial charge in [0, 0.05) is 29.9 Å². The van der Waals surface area contributed by atoms with E-state index in [9.17, 15) is 0 Å². The Labute approximate surface area is 124 Å². The van der Waals surface area contributed by atoms with Crippen LogP contribution in [-0.2, 0) is 0 Å². The molecule has 0 saturated carbocycles. The van der Waals surface area contributed by atoms with Crippen molar-refractivity contribution in [1.29, 1.82) is 0 Å². The predicted molar refractivity (Wildman–Crippen MR) is 85.6 cm³/mol. The standard InChI is InChI=1S/C16H20N2OS/c1-4-13-5-2-8-18-16(13)15(7-1)19-10-9-17-14-6-3-11-20-12-14/h1-2,4-5,7-8,14,17H,3,6,9-12H2. The van der Waals surface area contributed by atoms with Gasteiger partial charge in [-0.2, -0.15) is 11.8 Å². The van der Waals surface area contributed by atoms with E-state index in [-0.39, 0.29) is 0 Å². The quantitative estimate of drug-likeness (QED) is 0.857. The number of rotatable bonds is 5. The fourth-order valence-corrected chi connectivity index (χ4v) is 3.62. The molecule has 1 aromatic carbocycles. The summed E-state index contributed by atoms with van der Waals surface area (Å²) in [5, 5.41) is 4.70. The molecule has 4 heteroatoms. The van der Waals surface area contributed by atoms with E-state index in [2.05, 4.69) is 22.4 Å². The number of nitrogens with one attached hydrogen (secondary N) is 1. The van der Waals surface area contributed by atoms with Crippen LogP contribution in [0.4, 0.5) is 0 Å². The number of thioether (sulfide) groups is 1. The molecule has 20 heavy (non-hydrogen) atoms. The van der Waals surface area contributed by atoms with Crippen molar-refractivity contribution in [2.75, 3.05) is 24.7 Å². The second kappa shape index (κ2) is 6.95. The number of fused-ring (bicyclic) bond motifs is 1. The molecule has 1 fully saturated rings. The molecular formula is C16H20N2OS. The Balaban J connectivity index is 1.52. The molecule has 1 aliphatic heterocycles. The van der Waals surface area contributed by atoms with Crippen molar-refractivity contribution in [2.45, 2.75) is 18.9 Å². The summed E-state index contributed by atoms with van der Waals surface area (Å²) in [5.74, 6) is 3.43. The molecule has 0 amide bonds. The molecule has 1 atom stereocenters. The Bertz CT molecular complexity index is 550. The summed E-state index contributed by atoms with van der Waals surface area (Å²) in [6.07, 6.45) is 4.44. The van der Waals surface area contributed by atoms with Gasteiger partial charge in [0.05, 0.1) is 0 Å². The number of hydrogen-bond donors (Lipinski definition) is 1. The highest BCUT2D eigenvalue weighted by Crippen LogP contribution is 2.22. The molecule has 0 aliphatic carbocycles. The number of aromatic nitrogens is 1. The van der Waals surface area contributed by atoms with Gasteiger partial charge >= 0.3 is 0 Å². The van der Waals surface area contributed by atoms with Crippen LogP contribution in [0, 0.1) is 0 Å². The molecule has 0 bridgehead atoms. The Morgan fingerprint density at radius 1 is 1.30 bits per heavy atom. The summed E-state index contributed by atoms with van der Waals surface area (Å²) in [7, 11) is 0. The van der Waals surface area contributed by atoms with E-state index >= 15 is 0 Å². The van der Waals surface area contributed by atoms with Gasteiger partial charge in [0.25, 0.3) is 0 Å². The predicted octanol–water partition coefficient (Wildman–Crippen LogP) is 3.10. The maximum atomic E-state index is 5.88. The zero-order valence-electron chi connectivity index (χ0n) is 11.5. The lowest BCUT2D eigenvalue weighted by Crippen LogP contribution is -2.36. The van der Waals surface area contributed by atoms with Crippen LogP contribution in [0.2, 0.25) is 0 Å². The van der Waals surface area contributed by atoms with Gasteiger partial charge in [-0.3, -0.25) is 4.98 Å². The number of nitrogens with zero attached hydrogens (tertiary/aromatic N) is 1. The van der Waals surface area contributed by atoms with E-state index in [4.69, 9.17) is 4.74 Å². The van der Waals surface area contributed by atoms with Crippen LogP contribution in [0.15, 0.2) is 36.5 Å². The smallest absolute Gasteiger partial charge is 0.145 e. The van der Waals surface area contributed by atoms with Gasteiger partial charge in [-0.25, -0.2) is 0 Å². The topological polar surface area (TPSA) is 34.1 Å². The summed E-state index contributed by atoms with van der Waals surface area (Å²) < 4.78 is 5.88. The van der Waals surface area contributed by atoms with E-state index < -0.39 is 0 Å². The molecule has 0 spiro atoms. The molecule has 3 nitrogen and oxygen atoms in total. The van der Waals surface area contributed by atoms with Crippen molar-refractivity contribution in [2.24, 2.45) is 0 Å². The van der Waals surface area contributed by atoms with Crippen molar-refractivity contribution in [3.63, 3.8) is 0 Å². The Kier molecular flexibility index (Phi) is 4.77. The average Bonchev–Trinajstić information content (AvgIpc) is 2.53. The lowest BCUT2D eigenvalue weighted by molar-refractivity contribution is 0.308. The number of para-hydroxylation sites is 1. The molecule has 2 heterocycles. The minimum atomic E-state index is 0.656. The highest BCUT2D eigenvalue weighted by molar-refractivity contribution is 7.99. The van der Waals surface area contributed by atoms with Crippen molar-refractivity contribution < 1.29 is 4.74 Å². The van der Waals surface area contributed by atoms with Crippen LogP contribution >= 0.6 is 11.8 Å². The molecule has 1 N–H and O–H groups in total. The normalized spacial score (nSPS) is 19.1. The average molecular weight is 288 g/mol. The van der Waals surface area contributed by atoms with Gasteiger partial charge < -0.3 is 10.1 Å². The second-order valence-electron chi connectivity index (χ2n) is 5.05. The summed E-state index contributed by atoms with van der Waals surface area (Å²) in [6, 6.07) is 10.7. The monoisotopic (exact) mass is 288 g/mol. The van der Waals surface area contributed by atoms with Crippen LogP contribution < -0.4 is 10.1 Å². The van der Waals surface area contributed by atoms with Crippen LogP contribution in [0.3, 0.4) is 0 Å². The Hall–Kier alpha value is -1.26. The molecular weight excluding hydrogens is 268 g/mol. The van der Waals surface area contributed by atoms with Crippen LogP contribution in [0.1, 0.15) is 12.8 Å². The molecule has 1 aliphatic rings. The number of pyridine rings is 1. The SMILES string of the molecule is c1cnc2c(OCCNC3CCCSC3)cccc2c1. The van der Waals surface area contributed by atoms with Gasteiger partial charge in [0.15, 0.2) is 0 Å². The third-order valence-electron chi connectivity index (χ3n) is 3.55.